The maximum Gasteiger partial charge on any atom is 0.543 e. The van der Waals surface area contributed by atoms with Crippen LogP contribution in [0.4, 0.5) is 0 Å². The van der Waals surface area contributed by atoms with Crippen LogP contribution in [0.25, 0.3) is 0 Å². The summed E-state index contributed by atoms with van der Waals surface area (Å²) in [5.41, 5.74) is -1.33. The van der Waals surface area contributed by atoms with E-state index < -0.39 is 41.0 Å². The Balaban J connectivity index is 4.94. The first-order valence-corrected chi connectivity index (χ1v) is 13.0. The molecular formula is C18H34O10Si2. The van der Waals surface area contributed by atoms with Crippen molar-refractivity contribution >= 4 is 29.5 Å². The summed E-state index contributed by atoms with van der Waals surface area (Å²) in [5, 5.41) is 0. The van der Waals surface area contributed by atoms with Crippen molar-refractivity contribution in [2.45, 2.75) is 38.1 Å². The standard InChI is InChI=1S/C18H34O10Si2/c1-9-17(29(21-3,22-4)23-5)27-15(19)13-11-12-14-16(20)28-18(10-2)30(24-6,25-7)26-8/h11-14,17-18H,9-10H2,1-8H3/b13-11-,14-12+. The lowest BCUT2D eigenvalue weighted by Gasteiger charge is -2.30. The van der Waals surface area contributed by atoms with E-state index in [-0.39, 0.29) is 0 Å². The van der Waals surface area contributed by atoms with Crippen molar-refractivity contribution in [3.63, 3.8) is 0 Å². The van der Waals surface area contributed by atoms with Gasteiger partial charge in [0.05, 0.1) is 0 Å². The van der Waals surface area contributed by atoms with Crippen LogP contribution >= 0.6 is 0 Å². The lowest BCUT2D eigenvalue weighted by molar-refractivity contribution is -0.143. The number of esters is 2. The van der Waals surface area contributed by atoms with Gasteiger partial charge in [0, 0.05) is 54.8 Å². The summed E-state index contributed by atoms with van der Waals surface area (Å²) in [5.74, 6) is -1.25. The Morgan fingerprint density at radius 2 is 0.900 bits per heavy atom. The number of rotatable bonds is 15. The minimum atomic E-state index is -3.13. The fraction of sp³-hybridized carbons (Fsp3) is 0.667. The number of carbonyl (C=O) groups is 2. The molecule has 0 aromatic carbocycles. The van der Waals surface area contributed by atoms with Crippen molar-refractivity contribution in [2.75, 3.05) is 42.7 Å². The summed E-state index contributed by atoms with van der Waals surface area (Å²) in [4.78, 5) is 24.2. The fourth-order valence-corrected chi connectivity index (χ4v) is 6.83. The lowest BCUT2D eigenvalue weighted by atomic mass is 10.4. The normalized spacial score (nSPS) is 14.8. The third-order valence-corrected chi connectivity index (χ3v) is 10.4. The second-order valence-electron chi connectivity index (χ2n) is 5.82. The fourth-order valence-electron chi connectivity index (χ4n) is 2.73. The first-order valence-electron chi connectivity index (χ1n) is 9.35. The van der Waals surface area contributed by atoms with Crippen molar-refractivity contribution in [1.29, 1.82) is 0 Å². The SMILES string of the molecule is CCC(OC(=O)/C=C\C=C\C(=O)OC(CC)[Si](OC)(OC)OC)[Si](OC)(OC)OC. The summed E-state index contributed by atoms with van der Waals surface area (Å²) >= 11 is 0. The van der Waals surface area contributed by atoms with Crippen LogP contribution in [0.1, 0.15) is 26.7 Å². The van der Waals surface area contributed by atoms with Gasteiger partial charge in [0.1, 0.15) is 0 Å². The quantitative estimate of drug-likeness (QED) is 0.153. The number of ether oxygens (including phenoxy) is 2. The van der Waals surface area contributed by atoms with Crippen molar-refractivity contribution in [3.05, 3.63) is 24.3 Å². The molecule has 0 bridgehead atoms. The van der Waals surface area contributed by atoms with Gasteiger partial charge in [-0.1, -0.05) is 26.0 Å². The van der Waals surface area contributed by atoms with Gasteiger partial charge < -0.3 is 36.0 Å². The van der Waals surface area contributed by atoms with E-state index in [0.29, 0.717) is 12.8 Å². The molecule has 2 unspecified atom stereocenters. The van der Waals surface area contributed by atoms with Crippen LogP contribution in [0.15, 0.2) is 24.3 Å². The molecule has 30 heavy (non-hydrogen) atoms. The zero-order chi connectivity index (χ0) is 23.2. The first-order chi connectivity index (χ1) is 14.3. The number of hydrogen-bond donors (Lipinski definition) is 0. The largest absolute Gasteiger partial charge is 0.543 e. The molecule has 0 rings (SSSR count). The molecule has 12 heteroatoms. The summed E-state index contributed by atoms with van der Waals surface area (Å²) in [6.45, 7) is 3.65. The molecule has 0 aliphatic rings. The predicted octanol–water partition coefficient (Wildman–Crippen LogP) is 1.58. The van der Waals surface area contributed by atoms with Gasteiger partial charge in [-0.3, -0.25) is 0 Å². The number of carbonyl (C=O) groups excluding carboxylic acids is 2. The van der Waals surface area contributed by atoms with Crippen molar-refractivity contribution in [1.82, 2.24) is 0 Å². The molecule has 10 nitrogen and oxygen atoms in total. The van der Waals surface area contributed by atoms with E-state index in [1.807, 2.05) is 13.8 Å². The summed E-state index contributed by atoms with van der Waals surface area (Å²) in [6.07, 6.45) is 5.96. The minimum absolute atomic E-state index is 0.450. The summed E-state index contributed by atoms with van der Waals surface area (Å²) in [7, 11) is 2.40. The molecule has 0 heterocycles. The highest BCUT2D eigenvalue weighted by molar-refractivity contribution is 6.62. The van der Waals surface area contributed by atoms with Gasteiger partial charge in [-0.15, -0.1) is 0 Å². The minimum Gasteiger partial charge on any atom is -0.455 e. The first kappa shape index (κ1) is 28.6. The molecule has 0 amide bonds. The number of hydrogen-bond acceptors (Lipinski definition) is 10. The molecule has 0 fully saturated rings. The summed E-state index contributed by atoms with van der Waals surface area (Å²) in [6, 6.07) is 0. The third kappa shape index (κ3) is 7.70. The highest BCUT2D eigenvalue weighted by atomic mass is 28.4. The van der Waals surface area contributed by atoms with Gasteiger partial charge >= 0.3 is 29.5 Å². The van der Waals surface area contributed by atoms with Crippen LogP contribution < -0.4 is 0 Å². The smallest absolute Gasteiger partial charge is 0.455 e. The monoisotopic (exact) mass is 466 g/mol. The average Bonchev–Trinajstić information content (AvgIpc) is 2.77. The van der Waals surface area contributed by atoms with Crippen LogP contribution in [-0.2, 0) is 45.6 Å². The summed E-state index contributed by atoms with van der Waals surface area (Å²) < 4.78 is 42.8. The zero-order valence-electron chi connectivity index (χ0n) is 19.0. The highest BCUT2D eigenvalue weighted by Crippen LogP contribution is 2.19. The van der Waals surface area contributed by atoms with Crippen molar-refractivity contribution < 1.29 is 45.6 Å². The van der Waals surface area contributed by atoms with E-state index >= 15 is 0 Å². The van der Waals surface area contributed by atoms with Gasteiger partial charge in [0.2, 0.25) is 0 Å². The molecule has 0 spiro atoms. The predicted molar refractivity (Wildman–Crippen MR) is 112 cm³/mol. The van der Waals surface area contributed by atoms with Gasteiger partial charge in [-0.25, -0.2) is 9.59 Å². The second kappa shape index (κ2) is 14.6. The molecule has 174 valence electrons. The molecule has 2 atom stereocenters. The maximum absolute atomic E-state index is 12.1. The highest BCUT2D eigenvalue weighted by Gasteiger charge is 2.50. The molecular weight excluding hydrogens is 432 g/mol. The van der Waals surface area contributed by atoms with Crippen LogP contribution in [-0.4, -0.2) is 83.7 Å². The van der Waals surface area contributed by atoms with Gasteiger partial charge in [-0.2, -0.15) is 0 Å². The van der Waals surface area contributed by atoms with Gasteiger partial charge in [-0.05, 0) is 12.8 Å². The van der Waals surface area contributed by atoms with Crippen LogP contribution in [0, 0.1) is 0 Å². The maximum atomic E-state index is 12.1. The number of allylic oxidation sites excluding steroid dienone is 2. The average molecular weight is 467 g/mol. The van der Waals surface area contributed by atoms with E-state index in [9.17, 15) is 9.59 Å². The molecule has 0 aromatic rings. The van der Waals surface area contributed by atoms with Crippen molar-refractivity contribution in [3.8, 4) is 0 Å². The molecule has 0 aromatic heterocycles. The van der Waals surface area contributed by atoms with Crippen LogP contribution in [0.3, 0.4) is 0 Å². The van der Waals surface area contributed by atoms with E-state index in [0.717, 1.165) is 0 Å². The van der Waals surface area contributed by atoms with Crippen LogP contribution in [0.5, 0.6) is 0 Å². The second-order valence-corrected chi connectivity index (χ2v) is 12.0. The Labute approximate surface area is 180 Å². The Morgan fingerprint density at radius 1 is 0.633 bits per heavy atom. The van der Waals surface area contributed by atoms with Crippen molar-refractivity contribution in [2.24, 2.45) is 0 Å². The van der Waals surface area contributed by atoms with Gasteiger partial charge in [0.15, 0.2) is 11.5 Å². The van der Waals surface area contributed by atoms with E-state index in [1.54, 1.807) is 0 Å². The molecule has 0 saturated heterocycles. The van der Waals surface area contributed by atoms with Gasteiger partial charge in [0.25, 0.3) is 0 Å². The topological polar surface area (TPSA) is 108 Å². The Kier molecular flexibility index (Phi) is 13.9. The molecule has 0 aliphatic heterocycles. The molecule has 0 radical (unpaired) electrons. The molecule has 0 saturated carbocycles. The molecule has 0 aliphatic carbocycles. The zero-order valence-corrected chi connectivity index (χ0v) is 21.0. The van der Waals surface area contributed by atoms with E-state index in [1.165, 1.54) is 67.0 Å². The molecule has 0 N–H and O–H groups in total. The lowest BCUT2D eigenvalue weighted by Crippen LogP contribution is -2.55. The van der Waals surface area contributed by atoms with E-state index in [4.69, 9.17) is 36.0 Å². The third-order valence-electron chi connectivity index (χ3n) is 4.33. The van der Waals surface area contributed by atoms with Crippen LogP contribution in [0.2, 0.25) is 0 Å². The Hall–Kier alpha value is -1.39. The Morgan fingerprint density at radius 3 is 1.10 bits per heavy atom. The van der Waals surface area contributed by atoms with E-state index in [2.05, 4.69) is 0 Å². The Bertz CT molecular complexity index is 507.